The second kappa shape index (κ2) is 17.0. The molecule has 0 spiro atoms. The van der Waals surface area contributed by atoms with Crippen molar-refractivity contribution in [2.75, 3.05) is 32.8 Å². The number of hydrogen-bond donors (Lipinski definition) is 1. The molecule has 2 aromatic carbocycles. The lowest BCUT2D eigenvalue weighted by molar-refractivity contribution is 0.0651. The van der Waals surface area contributed by atoms with E-state index in [4.69, 9.17) is 4.74 Å². The number of hydrogen-bond acceptors (Lipinski definition) is 6. The van der Waals surface area contributed by atoms with Crippen LogP contribution in [0.15, 0.2) is 54.7 Å². The molecule has 3 atom stereocenters. The molecule has 2 aliphatic heterocycles. The van der Waals surface area contributed by atoms with Gasteiger partial charge in [0.25, 0.3) is 11.8 Å². The standard InChI is InChI=1S/C39H53N3O4/c1-3-5-6-7-11-23-41-25-21-30(29(4-2)28-41)16-19-37(43)32-20-22-40-36-18-17-31(27-35(32)36)46-26-13-8-12-24-42-38(44)33-14-9-10-15-34(33)39(42)45/h9-10,14-15,17-18,20,22,27,29-30,37,43H,3-8,11-13,16,19,21,23-26,28H2,1-2H3. The number of pyridine rings is 1. The van der Waals surface area contributed by atoms with E-state index in [0.29, 0.717) is 36.1 Å². The lowest BCUT2D eigenvalue weighted by Crippen LogP contribution is -2.40. The topological polar surface area (TPSA) is 83.0 Å². The molecule has 248 valence electrons. The molecule has 1 saturated heterocycles. The first kappa shape index (κ1) is 34.1. The van der Waals surface area contributed by atoms with Crippen LogP contribution in [-0.4, -0.2) is 64.5 Å². The van der Waals surface area contributed by atoms with Crippen LogP contribution < -0.4 is 4.74 Å². The van der Waals surface area contributed by atoms with Gasteiger partial charge in [0.15, 0.2) is 0 Å². The fourth-order valence-electron chi connectivity index (χ4n) is 7.38. The van der Waals surface area contributed by atoms with Crippen molar-refractivity contribution in [2.24, 2.45) is 11.8 Å². The number of fused-ring (bicyclic) bond motifs is 2. The lowest BCUT2D eigenvalue weighted by Gasteiger charge is -2.39. The van der Waals surface area contributed by atoms with E-state index in [1.807, 2.05) is 24.3 Å². The number of aromatic nitrogens is 1. The van der Waals surface area contributed by atoms with Crippen LogP contribution in [0.5, 0.6) is 5.75 Å². The minimum atomic E-state index is -0.531. The van der Waals surface area contributed by atoms with Crippen LogP contribution >= 0.6 is 0 Å². The van der Waals surface area contributed by atoms with Gasteiger partial charge in [-0.1, -0.05) is 58.1 Å². The minimum Gasteiger partial charge on any atom is -0.494 e. The summed E-state index contributed by atoms with van der Waals surface area (Å²) in [6.45, 7) is 9.19. The third-order valence-corrected chi connectivity index (χ3v) is 10.2. The van der Waals surface area contributed by atoms with Crippen LogP contribution in [0, 0.1) is 11.8 Å². The fourth-order valence-corrected chi connectivity index (χ4v) is 7.38. The molecule has 46 heavy (non-hydrogen) atoms. The third-order valence-electron chi connectivity index (χ3n) is 10.2. The Kier molecular flexibility index (Phi) is 12.6. The molecular formula is C39H53N3O4. The zero-order chi connectivity index (χ0) is 32.3. The van der Waals surface area contributed by atoms with E-state index >= 15 is 0 Å². The van der Waals surface area contributed by atoms with Crippen LogP contribution in [0.25, 0.3) is 10.9 Å². The smallest absolute Gasteiger partial charge is 0.261 e. The van der Waals surface area contributed by atoms with Crippen molar-refractivity contribution < 1.29 is 19.4 Å². The average molecular weight is 628 g/mol. The number of benzene rings is 2. The minimum absolute atomic E-state index is 0.196. The summed E-state index contributed by atoms with van der Waals surface area (Å²) < 4.78 is 6.09. The molecule has 5 rings (SSSR count). The molecule has 0 bridgehead atoms. The van der Waals surface area contributed by atoms with Gasteiger partial charge in [0.2, 0.25) is 0 Å². The van der Waals surface area contributed by atoms with Gasteiger partial charge in [-0.05, 0) is 112 Å². The Bertz CT molecular complexity index is 1410. The van der Waals surface area contributed by atoms with Gasteiger partial charge in [-0.2, -0.15) is 0 Å². The highest BCUT2D eigenvalue weighted by atomic mass is 16.5. The van der Waals surface area contributed by atoms with E-state index in [9.17, 15) is 14.7 Å². The highest BCUT2D eigenvalue weighted by Gasteiger charge is 2.34. The van der Waals surface area contributed by atoms with Gasteiger partial charge >= 0.3 is 0 Å². The van der Waals surface area contributed by atoms with E-state index in [1.54, 1.807) is 30.5 Å². The van der Waals surface area contributed by atoms with Crippen molar-refractivity contribution in [2.45, 2.75) is 97.0 Å². The Balaban J connectivity index is 1.07. The molecule has 7 nitrogen and oxygen atoms in total. The number of carbonyl (C=O) groups excluding carboxylic acids is 2. The van der Waals surface area contributed by atoms with Crippen molar-refractivity contribution >= 4 is 22.7 Å². The predicted molar refractivity (Wildman–Crippen MR) is 184 cm³/mol. The molecule has 3 heterocycles. The number of nitrogens with zero attached hydrogens (tertiary/aromatic N) is 3. The molecule has 2 amide bonds. The van der Waals surface area contributed by atoms with Crippen molar-refractivity contribution in [3.8, 4) is 5.75 Å². The van der Waals surface area contributed by atoms with E-state index < -0.39 is 6.10 Å². The molecule has 3 aromatic rings. The Morgan fingerprint density at radius 1 is 0.891 bits per heavy atom. The molecule has 7 heteroatoms. The maximum Gasteiger partial charge on any atom is 0.261 e. The van der Waals surface area contributed by atoms with Gasteiger partial charge in [-0.25, -0.2) is 0 Å². The second-order valence-electron chi connectivity index (χ2n) is 13.3. The summed E-state index contributed by atoms with van der Waals surface area (Å²) in [5.74, 6) is 1.75. The highest BCUT2D eigenvalue weighted by Crippen LogP contribution is 2.35. The Labute approximate surface area is 275 Å². The summed E-state index contributed by atoms with van der Waals surface area (Å²) in [5, 5.41) is 12.3. The van der Waals surface area contributed by atoms with Crippen molar-refractivity contribution in [3.63, 3.8) is 0 Å². The number of piperidine rings is 1. The molecule has 0 radical (unpaired) electrons. The summed E-state index contributed by atoms with van der Waals surface area (Å²) in [7, 11) is 0. The first-order valence-corrected chi connectivity index (χ1v) is 17.9. The molecule has 0 saturated carbocycles. The Morgan fingerprint density at radius 3 is 2.39 bits per heavy atom. The summed E-state index contributed by atoms with van der Waals surface area (Å²) in [6, 6.07) is 14.9. The number of carbonyl (C=O) groups is 2. The summed E-state index contributed by atoms with van der Waals surface area (Å²) in [5.41, 5.74) is 2.79. The number of imide groups is 1. The largest absolute Gasteiger partial charge is 0.494 e. The molecule has 0 aliphatic carbocycles. The first-order chi connectivity index (χ1) is 22.5. The highest BCUT2D eigenvalue weighted by molar-refractivity contribution is 6.21. The number of likely N-dealkylation sites (tertiary alicyclic amines) is 1. The zero-order valence-electron chi connectivity index (χ0n) is 28.0. The van der Waals surface area contributed by atoms with Gasteiger partial charge < -0.3 is 14.7 Å². The van der Waals surface area contributed by atoms with Gasteiger partial charge in [0.1, 0.15) is 5.75 Å². The molecule has 2 aliphatic rings. The summed E-state index contributed by atoms with van der Waals surface area (Å²) >= 11 is 0. The van der Waals surface area contributed by atoms with Gasteiger partial charge in [0.05, 0.1) is 29.4 Å². The molecule has 1 N–H and O–H groups in total. The average Bonchev–Trinajstić information content (AvgIpc) is 3.33. The Morgan fingerprint density at radius 2 is 1.63 bits per heavy atom. The van der Waals surface area contributed by atoms with E-state index in [-0.39, 0.29) is 11.8 Å². The SMILES string of the molecule is CCCCCCCN1CCC(CCC(O)c2ccnc3ccc(OCCCCCN4C(=O)c5ccccc5C4=O)cc23)C(CC)C1. The zero-order valence-corrected chi connectivity index (χ0v) is 28.0. The monoisotopic (exact) mass is 627 g/mol. The molecule has 3 unspecified atom stereocenters. The van der Waals surface area contributed by atoms with Gasteiger partial charge in [-0.3, -0.25) is 19.5 Å². The van der Waals surface area contributed by atoms with E-state index in [1.165, 1.54) is 69.5 Å². The number of unbranched alkanes of at least 4 members (excludes halogenated alkanes) is 6. The summed E-state index contributed by atoms with van der Waals surface area (Å²) in [4.78, 5) is 33.7. The normalized spacial score (nSPS) is 19.2. The van der Waals surface area contributed by atoms with Gasteiger partial charge in [0, 0.05) is 24.7 Å². The number of ether oxygens (including phenoxy) is 1. The second-order valence-corrected chi connectivity index (χ2v) is 13.3. The van der Waals surface area contributed by atoms with Crippen LogP contribution in [0.1, 0.15) is 123 Å². The Hall–Kier alpha value is -3.29. The number of aliphatic hydroxyl groups is 1. The number of aliphatic hydroxyl groups excluding tert-OH is 1. The molecule has 1 aromatic heterocycles. The third kappa shape index (κ3) is 8.54. The first-order valence-electron chi connectivity index (χ1n) is 17.9. The van der Waals surface area contributed by atoms with E-state index in [2.05, 4.69) is 23.7 Å². The maximum absolute atomic E-state index is 12.6. The number of amides is 2. The summed E-state index contributed by atoms with van der Waals surface area (Å²) in [6.07, 6.45) is 14.6. The van der Waals surface area contributed by atoms with Crippen LogP contribution in [0.4, 0.5) is 0 Å². The van der Waals surface area contributed by atoms with Gasteiger partial charge in [-0.15, -0.1) is 0 Å². The maximum atomic E-state index is 12.6. The van der Waals surface area contributed by atoms with Crippen molar-refractivity contribution in [3.05, 3.63) is 71.4 Å². The number of rotatable bonds is 18. The lowest BCUT2D eigenvalue weighted by atomic mass is 9.80. The van der Waals surface area contributed by atoms with Crippen molar-refractivity contribution in [1.29, 1.82) is 0 Å². The van der Waals surface area contributed by atoms with Crippen LogP contribution in [-0.2, 0) is 0 Å². The quantitative estimate of drug-likeness (QED) is 0.113. The predicted octanol–water partition coefficient (Wildman–Crippen LogP) is 8.21. The van der Waals surface area contributed by atoms with Crippen molar-refractivity contribution in [1.82, 2.24) is 14.8 Å². The van der Waals surface area contributed by atoms with Crippen LogP contribution in [0.3, 0.4) is 0 Å². The molecule has 1 fully saturated rings. The molecular weight excluding hydrogens is 574 g/mol. The van der Waals surface area contributed by atoms with Crippen LogP contribution in [0.2, 0.25) is 0 Å². The fraction of sp³-hybridized carbons (Fsp3) is 0.564. The van der Waals surface area contributed by atoms with E-state index in [0.717, 1.165) is 54.3 Å².